The number of aliphatic hydroxyl groups is 1. The van der Waals surface area contributed by atoms with Crippen LogP contribution in [0.4, 0.5) is 5.69 Å². The largest absolute Gasteiger partial charge is 0.454 e. The van der Waals surface area contributed by atoms with Gasteiger partial charge >= 0.3 is 0 Å². The Kier molecular flexibility index (Phi) is 5.88. The van der Waals surface area contributed by atoms with Gasteiger partial charge in [-0.2, -0.15) is 0 Å². The summed E-state index contributed by atoms with van der Waals surface area (Å²) in [5, 5.41) is 12.8. The number of fused-ring (bicyclic) bond motifs is 1. The molecule has 1 saturated carbocycles. The molecule has 0 radical (unpaired) electrons. The van der Waals surface area contributed by atoms with E-state index >= 15 is 0 Å². The second-order valence-electron chi connectivity index (χ2n) is 10.2. The van der Waals surface area contributed by atoms with Crippen LogP contribution in [0.1, 0.15) is 50.0 Å². The van der Waals surface area contributed by atoms with Gasteiger partial charge in [0.1, 0.15) is 0 Å². The molecule has 7 heteroatoms. The van der Waals surface area contributed by atoms with Gasteiger partial charge in [0, 0.05) is 27.2 Å². The van der Waals surface area contributed by atoms with Crippen molar-refractivity contribution >= 4 is 17.5 Å². The summed E-state index contributed by atoms with van der Waals surface area (Å²) in [7, 11) is 0. The lowest BCUT2D eigenvalue weighted by atomic mass is 9.94. The molecule has 0 atom stereocenters. The van der Waals surface area contributed by atoms with Crippen LogP contribution in [0.2, 0.25) is 0 Å². The van der Waals surface area contributed by atoms with Crippen molar-refractivity contribution in [1.29, 1.82) is 0 Å². The van der Waals surface area contributed by atoms with E-state index in [0.717, 1.165) is 40.8 Å². The van der Waals surface area contributed by atoms with Crippen molar-refractivity contribution in [1.82, 2.24) is 4.90 Å². The molecule has 0 aromatic heterocycles. The first-order valence-corrected chi connectivity index (χ1v) is 12.8. The Morgan fingerprint density at radius 2 is 1.70 bits per heavy atom. The highest BCUT2D eigenvalue weighted by Gasteiger charge is 2.51. The first kappa shape index (κ1) is 23.6. The number of rotatable bonds is 5. The van der Waals surface area contributed by atoms with E-state index in [1.807, 2.05) is 67.6 Å². The fraction of sp³-hybridized carbons (Fsp3) is 0.333. The maximum absolute atomic E-state index is 13.4. The molecular weight excluding hydrogens is 468 g/mol. The molecule has 2 N–H and O–H groups in total. The Labute approximate surface area is 219 Å². The SMILES string of the molecule is Cc1ccc(NC(=O)C2(c3ccc4c(c3)OCO4)CC2)cc1-c1ccc(C(=O)N2CCC(O)CC2)cc1.[HH].[HH]. The summed E-state index contributed by atoms with van der Waals surface area (Å²) >= 11 is 0. The third-order valence-corrected chi connectivity index (χ3v) is 7.80. The van der Waals surface area contributed by atoms with Gasteiger partial charge in [-0.1, -0.05) is 24.3 Å². The maximum Gasteiger partial charge on any atom is 0.253 e. The number of benzene rings is 3. The van der Waals surface area contributed by atoms with E-state index in [0.29, 0.717) is 43.0 Å². The smallest absolute Gasteiger partial charge is 0.253 e. The van der Waals surface area contributed by atoms with Crippen LogP contribution < -0.4 is 14.8 Å². The molecule has 2 amide bonds. The second-order valence-corrected chi connectivity index (χ2v) is 10.2. The van der Waals surface area contributed by atoms with Crippen LogP contribution in [0.25, 0.3) is 11.1 Å². The molecule has 0 bridgehead atoms. The summed E-state index contributed by atoms with van der Waals surface area (Å²) < 4.78 is 10.9. The number of ether oxygens (including phenoxy) is 2. The molecular formula is C30H34N2O5. The number of nitrogens with zero attached hydrogens (tertiary/aromatic N) is 1. The van der Waals surface area contributed by atoms with Crippen molar-refractivity contribution in [3.8, 4) is 22.6 Å². The van der Waals surface area contributed by atoms with Gasteiger partial charge in [0.25, 0.3) is 5.91 Å². The summed E-state index contributed by atoms with van der Waals surface area (Å²) in [4.78, 5) is 28.0. The fourth-order valence-electron chi connectivity index (χ4n) is 5.27. The molecule has 2 fully saturated rings. The zero-order chi connectivity index (χ0) is 25.6. The summed E-state index contributed by atoms with van der Waals surface area (Å²) in [5.41, 5.74) is 4.86. The predicted molar refractivity (Wildman–Crippen MR) is 144 cm³/mol. The van der Waals surface area contributed by atoms with Crippen molar-refractivity contribution in [3.63, 3.8) is 0 Å². The van der Waals surface area contributed by atoms with Gasteiger partial charge in [0.2, 0.25) is 12.7 Å². The molecule has 194 valence electrons. The van der Waals surface area contributed by atoms with Gasteiger partial charge in [-0.25, -0.2) is 0 Å². The molecule has 37 heavy (non-hydrogen) atoms. The molecule has 2 heterocycles. The van der Waals surface area contributed by atoms with E-state index in [2.05, 4.69) is 5.32 Å². The monoisotopic (exact) mass is 502 g/mol. The minimum Gasteiger partial charge on any atom is -0.454 e. The summed E-state index contributed by atoms with van der Waals surface area (Å²) in [5.74, 6) is 1.38. The van der Waals surface area contributed by atoms with E-state index in [9.17, 15) is 14.7 Å². The molecule has 3 aliphatic rings. The number of aryl methyl sites for hydroxylation is 1. The van der Waals surface area contributed by atoms with Crippen LogP contribution in [0.3, 0.4) is 0 Å². The minimum absolute atomic E-state index is 0. The zero-order valence-corrected chi connectivity index (χ0v) is 20.8. The molecule has 1 saturated heterocycles. The van der Waals surface area contributed by atoms with E-state index in [1.54, 1.807) is 4.90 Å². The number of anilines is 1. The number of amides is 2. The minimum atomic E-state index is -0.543. The molecule has 0 unspecified atom stereocenters. The first-order chi connectivity index (χ1) is 17.9. The lowest BCUT2D eigenvalue weighted by molar-refractivity contribution is -0.118. The number of nitrogens with one attached hydrogen (secondary N) is 1. The number of hydrogen-bond donors (Lipinski definition) is 2. The Morgan fingerprint density at radius 3 is 2.43 bits per heavy atom. The highest BCUT2D eigenvalue weighted by atomic mass is 16.7. The van der Waals surface area contributed by atoms with E-state index in [-0.39, 0.29) is 27.6 Å². The van der Waals surface area contributed by atoms with Crippen molar-refractivity contribution in [2.24, 2.45) is 0 Å². The molecule has 0 spiro atoms. The second kappa shape index (κ2) is 9.23. The van der Waals surface area contributed by atoms with Crippen LogP contribution in [0, 0.1) is 6.92 Å². The molecule has 2 aliphatic heterocycles. The number of piperidine rings is 1. The number of hydrogen-bond acceptors (Lipinski definition) is 5. The summed E-state index contributed by atoms with van der Waals surface area (Å²) in [6.07, 6.45) is 2.52. The van der Waals surface area contributed by atoms with Crippen LogP contribution in [0.5, 0.6) is 11.5 Å². The lowest BCUT2D eigenvalue weighted by Crippen LogP contribution is -2.40. The zero-order valence-electron chi connectivity index (χ0n) is 20.8. The van der Waals surface area contributed by atoms with Gasteiger partial charge in [-0.05, 0) is 91.3 Å². The standard InChI is InChI=1S/C30H30N2O5.2H2/c1-19-2-8-23(31-29(35)30(12-13-30)22-7-9-26-27(16-22)37-18-36-26)17-25(19)20-3-5-21(6-4-20)28(34)32-14-10-24(33)11-15-32;;/h2-9,16-17,24,33H,10-15,18H2,1H3,(H,31,35);2*1H. The van der Waals surface area contributed by atoms with Crippen LogP contribution in [-0.4, -0.2) is 47.8 Å². The van der Waals surface area contributed by atoms with Gasteiger partial charge < -0.3 is 24.8 Å². The predicted octanol–water partition coefficient (Wildman–Crippen LogP) is 5.15. The Morgan fingerprint density at radius 1 is 0.973 bits per heavy atom. The molecule has 1 aliphatic carbocycles. The summed E-state index contributed by atoms with van der Waals surface area (Å²) in [6, 6.07) is 19.3. The van der Waals surface area contributed by atoms with Crippen LogP contribution in [-0.2, 0) is 10.2 Å². The Bertz CT molecular complexity index is 1370. The van der Waals surface area contributed by atoms with Crippen molar-refractivity contribution in [2.45, 2.75) is 44.1 Å². The van der Waals surface area contributed by atoms with Crippen molar-refractivity contribution < 1.29 is 27.0 Å². The summed E-state index contributed by atoms with van der Waals surface area (Å²) in [6.45, 7) is 3.41. The van der Waals surface area contributed by atoms with Crippen LogP contribution >= 0.6 is 0 Å². The Balaban J connectivity index is 0.00000176. The van der Waals surface area contributed by atoms with Gasteiger partial charge in [0.15, 0.2) is 11.5 Å². The molecule has 3 aromatic carbocycles. The molecule has 7 nitrogen and oxygen atoms in total. The number of carbonyl (C=O) groups excluding carboxylic acids is 2. The Hall–Kier alpha value is -3.84. The van der Waals surface area contributed by atoms with Crippen molar-refractivity contribution in [2.75, 3.05) is 25.2 Å². The highest BCUT2D eigenvalue weighted by Crippen LogP contribution is 2.51. The average molecular weight is 503 g/mol. The normalized spacial score (nSPS) is 17.9. The van der Waals surface area contributed by atoms with Gasteiger partial charge in [-0.15, -0.1) is 0 Å². The van der Waals surface area contributed by atoms with Gasteiger partial charge in [0.05, 0.1) is 11.5 Å². The topological polar surface area (TPSA) is 88.1 Å². The van der Waals surface area contributed by atoms with E-state index in [1.165, 1.54) is 0 Å². The van der Waals surface area contributed by atoms with E-state index < -0.39 is 5.41 Å². The number of likely N-dealkylation sites (tertiary alicyclic amines) is 1. The third-order valence-electron chi connectivity index (χ3n) is 7.80. The lowest BCUT2D eigenvalue weighted by Gasteiger charge is -2.29. The number of aliphatic hydroxyl groups excluding tert-OH is 1. The quantitative estimate of drug-likeness (QED) is 0.504. The molecule has 6 rings (SSSR count). The van der Waals surface area contributed by atoms with Gasteiger partial charge in [-0.3, -0.25) is 9.59 Å². The van der Waals surface area contributed by atoms with E-state index in [4.69, 9.17) is 9.47 Å². The average Bonchev–Trinajstić information content (AvgIpc) is 3.60. The maximum atomic E-state index is 13.4. The molecule has 3 aromatic rings. The highest BCUT2D eigenvalue weighted by molar-refractivity contribution is 6.02. The first-order valence-electron chi connectivity index (χ1n) is 12.8. The fourth-order valence-corrected chi connectivity index (χ4v) is 5.27. The number of carbonyl (C=O) groups is 2. The van der Waals surface area contributed by atoms with Crippen molar-refractivity contribution in [3.05, 3.63) is 77.4 Å². The van der Waals surface area contributed by atoms with Crippen LogP contribution in [0.15, 0.2) is 60.7 Å². The third kappa shape index (κ3) is 4.44.